The van der Waals surface area contributed by atoms with Crippen molar-refractivity contribution in [1.29, 1.82) is 0 Å². The molecule has 1 saturated carbocycles. The second-order valence-electron chi connectivity index (χ2n) is 5.37. The van der Waals surface area contributed by atoms with Crippen LogP contribution in [-0.4, -0.2) is 48.6 Å². The van der Waals surface area contributed by atoms with Gasteiger partial charge in [0.2, 0.25) is 5.91 Å². The van der Waals surface area contributed by atoms with Crippen LogP contribution in [-0.2, 0) is 25.8 Å². The Kier molecular flexibility index (Phi) is 4.85. The van der Waals surface area contributed by atoms with E-state index in [-0.39, 0.29) is 35.6 Å². The molecule has 2 rings (SSSR count). The van der Waals surface area contributed by atoms with Gasteiger partial charge in [-0.3, -0.25) is 9.59 Å². The summed E-state index contributed by atoms with van der Waals surface area (Å²) < 4.78 is 23.7. The number of carbonyl (C=O) groups excluding carboxylic acids is 1. The molecule has 1 fully saturated rings. The molecular weight excluding hydrogens is 306 g/mol. The summed E-state index contributed by atoms with van der Waals surface area (Å²) in [5, 5.41) is 8.89. The van der Waals surface area contributed by atoms with E-state index in [4.69, 9.17) is 5.11 Å². The van der Waals surface area contributed by atoms with E-state index in [1.54, 1.807) is 19.1 Å². The lowest BCUT2D eigenvalue weighted by Crippen LogP contribution is -2.38. The molecule has 0 saturated heterocycles. The molecule has 1 aromatic carbocycles. The maximum absolute atomic E-state index is 12.3. The maximum Gasteiger partial charge on any atom is 0.323 e. The van der Waals surface area contributed by atoms with Crippen molar-refractivity contribution in [2.24, 2.45) is 0 Å². The van der Waals surface area contributed by atoms with Crippen LogP contribution in [0.5, 0.6) is 0 Å². The molecule has 0 aromatic heterocycles. The van der Waals surface area contributed by atoms with Crippen LogP contribution in [0.15, 0.2) is 29.2 Å². The first-order valence-electron chi connectivity index (χ1n) is 7.16. The van der Waals surface area contributed by atoms with Crippen LogP contribution in [0.2, 0.25) is 0 Å². The molecule has 22 heavy (non-hydrogen) atoms. The van der Waals surface area contributed by atoms with Crippen LogP contribution in [0.1, 0.15) is 25.3 Å². The Balaban J connectivity index is 2.14. The first kappa shape index (κ1) is 16.5. The second kappa shape index (κ2) is 6.48. The summed E-state index contributed by atoms with van der Waals surface area (Å²) in [5.41, 5.74) is 0.579. The van der Waals surface area contributed by atoms with Crippen LogP contribution < -0.4 is 0 Å². The molecule has 6 nitrogen and oxygen atoms in total. The van der Waals surface area contributed by atoms with Crippen molar-refractivity contribution < 1.29 is 23.1 Å². The van der Waals surface area contributed by atoms with Gasteiger partial charge in [0.05, 0.1) is 17.1 Å². The number of benzene rings is 1. The van der Waals surface area contributed by atoms with E-state index < -0.39 is 15.8 Å². The van der Waals surface area contributed by atoms with Gasteiger partial charge in [0, 0.05) is 6.04 Å². The fourth-order valence-corrected chi connectivity index (χ4v) is 3.19. The Bertz CT molecular complexity index is 679. The predicted octanol–water partition coefficient (Wildman–Crippen LogP) is 1.10. The van der Waals surface area contributed by atoms with Crippen LogP contribution in [0.25, 0.3) is 0 Å². The lowest BCUT2D eigenvalue weighted by atomic mass is 10.1. The number of carboxylic acids is 1. The minimum absolute atomic E-state index is 0.00237. The highest BCUT2D eigenvalue weighted by Crippen LogP contribution is 2.27. The fraction of sp³-hybridized carbons (Fsp3) is 0.467. The number of carboxylic acid groups (broad SMARTS) is 1. The van der Waals surface area contributed by atoms with E-state index >= 15 is 0 Å². The van der Waals surface area contributed by atoms with E-state index in [1.807, 2.05) is 0 Å². The first-order valence-corrected chi connectivity index (χ1v) is 8.81. The van der Waals surface area contributed by atoms with Crippen molar-refractivity contribution in [3.63, 3.8) is 0 Å². The standard InChI is InChI=1S/C15H19NO5S/c1-2-22(20,21)13-5-3-4-11(8-13)9-14(17)16(10-15(18)19)12-6-7-12/h3-5,8,12H,2,6-7,9-10H2,1H3,(H,18,19). The molecule has 120 valence electrons. The summed E-state index contributed by atoms with van der Waals surface area (Å²) in [6, 6.07) is 6.28. The molecule has 0 spiro atoms. The van der Waals surface area contributed by atoms with E-state index in [2.05, 4.69) is 0 Å². The Morgan fingerprint density at radius 3 is 2.55 bits per heavy atom. The van der Waals surface area contributed by atoms with Crippen LogP contribution in [0.4, 0.5) is 0 Å². The van der Waals surface area contributed by atoms with Gasteiger partial charge in [-0.1, -0.05) is 19.1 Å². The SMILES string of the molecule is CCS(=O)(=O)c1cccc(CC(=O)N(CC(=O)O)C2CC2)c1. The molecular formula is C15H19NO5S. The zero-order valence-electron chi connectivity index (χ0n) is 12.4. The Labute approximate surface area is 129 Å². The van der Waals surface area contributed by atoms with Crippen LogP contribution in [0.3, 0.4) is 0 Å². The topological polar surface area (TPSA) is 91.8 Å². The fourth-order valence-electron chi connectivity index (χ4n) is 2.24. The molecule has 0 bridgehead atoms. The molecule has 1 aliphatic carbocycles. The third-order valence-corrected chi connectivity index (χ3v) is 5.34. The Morgan fingerprint density at radius 2 is 2.00 bits per heavy atom. The van der Waals surface area contributed by atoms with Gasteiger partial charge in [0.1, 0.15) is 6.54 Å². The zero-order chi connectivity index (χ0) is 16.3. The number of carbonyl (C=O) groups is 2. The van der Waals surface area contributed by atoms with Crippen molar-refractivity contribution in [3.8, 4) is 0 Å². The summed E-state index contributed by atoms with van der Waals surface area (Å²) in [6.45, 7) is 1.26. The van der Waals surface area contributed by atoms with Crippen molar-refractivity contribution in [2.75, 3.05) is 12.3 Å². The highest BCUT2D eigenvalue weighted by atomic mass is 32.2. The largest absolute Gasteiger partial charge is 0.480 e. The van der Waals surface area contributed by atoms with Crippen molar-refractivity contribution >= 4 is 21.7 Å². The van der Waals surface area contributed by atoms with Crippen LogP contribution >= 0.6 is 0 Å². The molecule has 1 aromatic rings. The van der Waals surface area contributed by atoms with E-state index in [9.17, 15) is 18.0 Å². The summed E-state index contributed by atoms with van der Waals surface area (Å²) in [6.07, 6.45) is 1.66. The molecule has 0 aliphatic heterocycles. The molecule has 0 radical (unpaired) electrons. The minimum atomic E-state index is -3.32. The van der Waals surface area contributed by atoms with E-state index in [0.29, 0.717) is 5.56 Å². The van der Waals surface area contributed by atoms with Gasteiger partial charge < -0.3 is 10.0 Å². The molecule has 1 N–H and O–H groups in total. The summed E-state index contributed by atoms with van der Waals surface area (Å²) in [7, 11) is -3.32. The summed E-state index contributed by atoms with van der Waals surface area (Å²) >= 11 is 0. The van der Waals surface area contributed by atoms with Gasteiger partial charge in [-0.2, -0.15) is 0 Å². The van der Waals surface area contributed by atoms with E-state index in [0.717, 1.165) is 12.8 Å². The van der Waals surface area contributed by atoms with Gasteiger partial charge >= 0.3 is 5.97 Å². The minimum Gasteiger partial charge on any atom is -0.480 e. The second-order valence-corrected chi connectivity index (χ2v) is 7.65. The molecule has 0 unspecified atom stereocenters. The van der Waals surface area contributed by atoms with Crippen molar-refractivity contribution in [3.05, 3.63) is 29.8 Å². The molecule has 1 aliphatic rings. The number of nitrogens with zero attached hydrogens (tertiary/aromatic N) is 1. The zero-order valence-corrected chi connectivity index (χ0v) is 13.2. The number of hydrogen-bond acceptors (Lipinski definition) is 4. The first-order chi connectivity index (χ1) is 10.3. The Hall–Kier alpha value is -1.89. The summed E-state index contributed by atoms with van der Waals surface area (Å²) in [4.78, 5) is 24.7. The van der Waals surface area contributed by atoms with Crippen molar-refractivity contribution in [2.45, 2.75) is 37.1 Å². The summed E-state index contributed by atoms with van der Waals surface area (Å²) in [5.74, 6) is -1.32. The number of rotatable bonds is 7. The Morgan fingerprint density at radius 1 is 1.32 bits per heavy atom. The lowest BCUT2D eigenvalue weighted by Gasteiger charge is -2.20. The van der Waals surface area contributed by atoms with E-state index in [1.165, 1.54) is 17.0 Å². The average Bonchev–Trinajstić information content (AvgIpc) is 3.29. The van der Waals surface area contributed by atoms with Gasteiger partial charge in [-0.15, -0.1) is 0 Å². The number of hydrogen-bond donors (Lipinski definition) is 1. The number of aliphatic carboxylic acids is 1. The third kappa shape index (κ3) is 4.07. The predicted molar refractivity (Wildman–Crippen MR) is 80.2 cm³/mol. The van der Waals surface area contributed by atoms with Crippen molar-refractivity contribution in [1.82, 2.24) is 4.90 Å². The molecule has 7 heteroatoms. The van der Waals surface area contributed by atoms with Crippen LogP contribution in [0, 0.1) is 0 Å². The van der Waals surface area contributed by atoms with Gasteiger partial charge in [0.15, 0.2) is 9.84 Å². The monoisotopic (exact) mass is 325 g/mol. The quantitative estimate of drug-likeness (QED) is 0.810. The average molecular weight is 325 g/mol. The smallest absolute Gasteiger partial charge is 0.323 e. The lowest BCUT2D eigenvalue weighted by molar-refractivity contribution is -0.144. The number of sulfone groups is 1. The van der Waals surface area contributed by atoms with Gasteiger partial charge in [0.25, 0.3) is 0 Å². The highest BCUT2D eigenvalue weighted by molar-refractivity contribution is 7.91. The van der Waals surface area contributed by atoms with Gasteiger partial charge in [-0.25, -0.2) is 8.42 Å². The molecule has 0 atom stereocenters. The normalized spacial score (nSPS) is 14.6. The van der Waals surface area contributed by atoms with Gasteiger partial charge in [-0.05, 0) is 30.5 Å². The molecule has 0 heterocycles. The third-order valence-electron chi connectivity index (χ3n) is 3.61. The highest BCUT2D eigenvalue weighted by Gasteiger charge is 2.33. The molecule has 1 amide bonds. The number of amides is 1. The maximum atomic E-state index is 12.3.